The van der Waals surface area contributed by atoms with Gasteiger partial charge < -0.3 is 5.73 Å². The number of nitrogens with zero attached hydrogens (tertiary/aromatic N) is 2. The average Bonchev–Trinajstić information content (AvgIpc) is 2.08. The Balaban J connectivity index is 3.33. The fourth-order valence-corrected chi connectivity index (χ4v) is 1.46. The number of nitro groups is 1. The summed E-state index contributed by atoms with van der Waals surface area (Å²) < 4.78 is 24.4. The van der Waals surface area contributed by atoms with Gasteiger partial charge in [0.1, 0.15) is 17.6 Å². The Kier molecular flexibility index (Phi) is 3.13. The molecule has 1 heterocycles. The lowest BCUT2D eigenvalue weighted by Gasteiger charge is -2.04. The number of nitrogen functional groups attached to an aromatic ring is 1. The summed E-state index contributed by atoms with van der Waals surface area (Å²) >= 11 is 1.51. The highest BCUT2D eigenvalue weighted by Gasteiger charge is 2.22. The molecule has 1 rings (SSSR count). The second-order valence-electron chi connectivity index (χ2n) is 2.31. The number of aromatic nitrogens is 1. The Hall–Kier alpha value is -1.06. The highest BCUT2D eigenvalue weighted by Crippen LogP contribution is 2.31. The van der Waals surface area contributed by atoms with E-state index in [4.69, 9.17) is 5.73 Å². The molecule has 0 aliphatic carbocycles. The summed E-state index contributed by atoms with van der Waals surface area (Å²) in [4.78, 5) is 12.9. The van der Waals surface area contributed by atoms with Gasteiger partial charge in [-0.1, -0.05) is 0 Å². The number of hydrogen-bond acceptors (Lipinski definition) is 4. The third kappa shape index (κ3) is 1.89. The molecule has 0 radical (unpaired) electrons. The molecule has 0 saturated carbocycles. The van der Waals surface area contributed by atoms with Crippen LogP contribution in [0.4, 0.5) is 20.2 Å². The summed E-state index contributed by atoms with van der Waals surface area (Å²) in [6.07, 6.45) is -2.05. The first kappa shape index (κ1) is 11.0. The quantitative estimate of drug-likeness (QED) is 0.515. The normalized spacial score (nSPS) is 10.6. The minimum Gasteiger partial charge on any atom is -0.392 e. The summed E-state index contributed by atoms with van der Waals surface area (Å²) in [6.45, 7) is 0. The summed E-state index contributed by atoms with van der Waals surface area (Å²) in [5.74, 6) is 0. The van der Waals surface area contributed by atoms with Crippen LogP contribution in [0.25, 0.3) is 0 Å². The zero-order valence-corrected chi connectivity index (χ0v) is 8.73. The second kappa shape index (κ2) is 3.98. The topological polar surface area (TPSA) is 82.0 Å². The Morgan fingerprint density at radius 1 is 1.64 bits per heavy atom. The minimum absolute atomic E-state index is 0.0770. The molecule has 1 aromatic rings. The number of anilines is 1. The van der Waals surface area contributed by atoms with Crippen LogP contribution in [0.3, 0.4) is 0 Å². The van der Waals surface area contributed by atoms with Crippen LogP contribution in [0, 0.1) is 13.7 Å². The van der Waals surface area contributed by atoms with E-state index in [2.05, 4.69) is 4.98 Å². The first-order valence-electron chi connectivity index (χ1n) is 3.31. The molecule has 0 spiro atoms. The van der Waals surface area contributed by atoms with Gasteiger partial charge in [-0.05, 0) is 22.6 Å². The Bertz CT molecular complexity index is 386. The maximum absolute atomic E-state index is 12.2. The molecule has 0 bridgehead atoms. The monoisotopic (exact) mass is 315 g/mol. The lowest BCUT2D eigenvalue weighted by atomic mass is 10.3. The molecular formula is C6H4F2IN3O2. The molecule has 2 N–H and O–H groups in total. The molecule has 5 nitrogen and oxygen atoms in total. The van der Waals surface area contributed by atoms with E-state index < -0.39 is 22.7 Å². The van der Waals surface area contributed by atoms with Crippen LogP contribution in [0.15, 0.2) is 6.20 Å². The van der Waals surface area contributed by atoms with Gasteiger partial charge in [0.05, 0.1) is 8.49 Å². The molecule has 0 fully saturated rings. The van der Waals surface area contributed by atoms with Crippen molar-refractivity contribution in [3.8, 4) is 0 Å². The zero-order valence-electron chi connectivity index (χ0n) is 6.58. The molecule has 0 amide bonds. The molecule has 1 aromatic heterocycles. The average molecular weight is 315 g/mol. The third-order valence-electron chi connectivity index (χ3n) is 1.47. The Morgan fingerprint density at radius 3 is 2.64 bits per heavy atom. The van der Waals surface area contributed by atoms with E-state index in [0.29, 0.717) is 0 Å². The van der Waals surface area contributed by atoms with E-state index in [9.17, 15) is 18.9 Å². The SMILES string of the molecule is Nc1c([N+](=O)[O-])cnc(C(F)F)c1I. The first-order valence-corrected chi connectivity index (χ1v) is 4.39. The number of pyridine rings is 1. The summed E-state index contributed by atoms with van der Waals surface area (Å²) in [7, 11) is 0. The van der Waals surface area contributed by atoms with Crippen LogP contribution in [-0.4, -0.2) is 9.91 Å². The lowest BCUT2D eigenvalue weighted by molar-refractivity contribution is -0.384. The highest BCUT2D eigenvalue weighted by atomic mass is 127. The van der Waals surface area contributed by atoms with Crippen LogP contribution in [-0.2, 0) is 0 Å². The van der Waals surface area contributed by atoms with Gasteiger partial charge in [0.2, 0.25) is 0 Å². The van der Waals surface area contributed by atoms with Crippen molar-refractivity contribution < 1.29 is 13.7 Å². The summed E-state index contributed by atoms with van der Waals surface area (Å²) in [6, 6.07) is 0. The van der Waals surface area contributed by atoms with Crippen LogP contribution in [0.2, 0.25) is 0 Å². The standard InChI is InChI=1S/C6H4F2IN3O2/c7-6(8)5-3(9)4(10)2(1-11-5)12(13)14/h1,6H,(H2,10,11). The molecular weight excluding hydrogens is 311 g/mol. The van der Waals surface area contributed by atoms with Crippen LogP contribution in [0.1, 0.15) is 12.1 Å². The van der Waals surface area contributed by atoms with E-state index in [1.807, 2.05) is 0 Å². The minimum atomic E-state index is -2.79. The summed E-state index contributed by atoms with van der Waals surface area (Å²) in [5.41, 5.74) is 4.03. The van der Waals surface area contributed by atoms with Crippen LogP contribution >= 0.6 is 22.6 Å². The number of rotatable bonds is 2. The van der Waals surface area contributed by atoms with Crippen LogP contribution < -0.4 is 5.73 Å². The van der Waals surface area contributed by atoms with Crippen molar-refractivity contribution in [1.29, 1.82) is 0 Å². The smallest absolute Gasteiger partial charge is 0.311 e. The van der Waals surface area contributed by atoms with Crippen molar-refractivity contribution >= 4 is 34.0 Å². The van der Waals surface area contributed by atoms with Crippen molar-refractivity contribution in [3.63, 3.8) is 0 Å². The lowest BCUT2D eigenvalue weighted by Crippen LogP contribution is -2.04. The van der Waals surface area contributed by atoms with Gasteiger partial charge in [0.15, 0.2) is 0 Å². The second-order valence-corrected chi connectivity index (χ2v) is 3.39. The van der Waals surface area contributed by atoms with E-state index >= 15 is 0 Å². The highest BCUT2D eigenvalue weighted by molar-refractivity contribution is 14.1. The molecule has 0 aliphatic rings. The Labute approximate surface area is 90.6 Å². The van der Waals surface area contributed by atoms with E-state index in [-0.39, 0.29) is 9.26 Å². The number of halogens is 3. The van der Waals surface area contributed by atoms with Gasteiger partial charge in [0.25, 0.3) is 6.43 Å². The molecule has 8 heteroatoms. The predicted molar refractivity (Wildman–Crippen MR) is 53.0 cm³/mol. The maximum atomic E-state index is 12.2. The van der Waals surface area contributed by atoms with Gasteiger partial charge in [0, 0.05) is 0 Å². The molecule has 0 aromatic carbocycles. The van der Waals surface area contributed by atoms with Crippen molar-refractivity contribution in [2.24, 2.45) is 0 Å². The first-order chi connectivity index (χ1) is 6.45. The fourth-order valence-electron chi connectivity index (χ4n) is 0.805. The molecule has 0 saturated heterocycles. The van der Waals surface area contributed by atoms with Crippen molar-refractivity contribution in [1.82, 2.24) is 4.98 Å². The molecule has 76 valence electrons. The molecule has 14 heavy (non-hydrogen) atoms. The summed E-state index contributed by atoms with van der Waals surface area (Å²) in [5, 5.41) is 10.3. The van der Waals surface area contributed by atoms with Crippen LogP contribution in [0.5, 0.6) is 0 Å². The van der Waals surface area contributed by atoms with Crippen molar-refractivity contribution in [3.05, 3.63) is 25.6 Å². The number of nitrogens with two attached hydrogens (primary N) is 1. The van der Waals surface area contributed by atoms with Gasteiger partial charge in [-0.2, -0.15) is 0 Å². The Morgan fingerprint density at radius 2 is 2.21 bits per heavy atom. The molecule has 0 unspecified atom stereocenters. The fraction of sp³-hybridized carbons (Fsp3) is 0.167. The van der Waals surface area contributed by atoms with Gasteiger partial charge in [-0.25, -0.2) is 13.8 Å². The van der Waals surface area contributed by atoms with E-state index in [1.54, 1.807) is 0 Å². The van der Waals surface area contributed by atoms with Gasteiger partial charge >= 0.3 is 5.69 Å². The zero-order chi connectivity index (χ0) is 10.9. The van der Waals surface area contributed by atoms with Gasteiger partial charge in [-0.3, -0.25) is 10.1 Å². The molecule has 0 aliphatic heterocycles. The van der Waals surface area contributed by atoms with Crippen molar-refractivity contribution in [2.75, 3.05) is 5.73 Å². The maximum Gasteiger partial charge on any atom is 0.311 e. The predicted octanol–water partition coefficient (Wildman–Crippen LogP) is 2.11. The van der Waals surface area contributed by atoms with Crippen molar-refractivity contribution in [2.45, 2.75) is 6.43 Å². The molecule has 0 atom stereocenters. The van der Waals surface area contributed by atoms with Gasteiger partial charge in [-0.15, -0.1) is 0 Å². The van der Waals surface area contributed by atoms with E-state index in [1.165, 1.54) is 22.6 Å². The van der Waals surface area contributed by atoms with E-state index in [0.717, 1.165) is 6.20 Å². The third-order valence-corrected chi connectivity index (χ3v) is 2.60. The number of hydrogen-bond donors (Lipinski definition) is 1. The largest absolute Gasteiger partial charge is 0.392 e. The number of alkyl halides is 2.